The molecule has 2 aliphatic rings. The van der Waals surface area contributed by atoms with Crippen LogP contribution in [0.2, 0.25) is 0 Å². The number of carbonyl (C=O) groups is 3. The van der Waals surface area contributed by atoms with Crippen molar-refractivity contribution >= 4 is 53.7 Å². The standard InChI is InChI=1S/C22H32N4O4S2.ClH/c23-17(13-16-7-3-1-4-8-16)21(29)26-15-22(31-11-12-32-22)14-18(26)20(28)24-10-6-2-5-9-19(27)25-30;/h1,3-4,7-8,17-18,30H,2,5-6,9-15,23H2,(H,24,28)(H,25,27);1H/t17-,18-;/m0./s1. The molecule has 0 aliphatic carbocycles. The van der Waals surface area contributed by atoms with Gasteiger partial charge in [0.1, 0.15) is 6.04 Å². The minimum atomic E-state index is -0.683. The molecule has 8 nitrogen and oxygen atoms in total. The number of nitrogens with one attached hydrogen (secondary N) is 2. The quantitative estimate of drug-likeness (QED) is 0.213. The SMILES string of the molecule is Cl.N[C@@H](Cc1ccccc1)C(=O)N1CC2(C[C@H]1C(=O)NCCCCCC(=O)NO)SCCS2. The molecule has 2 heterocycles. The Kier molecular flexibility index (Phi) is 11.3. The summed E-state index contributed by atoms with van der Waals surface area (Å²) in [5.74, 6) is 1.34. The minimum Gasteiger partial charge on any atom is -0.354 e. The number of thioether (sulfide) groups is 2. The van der Waals surface area contributed by atoms with E-state index in [-0.39, 0.29) is 34.7 Å². The van der Waals surface area contributed by atoms with E-state index in [0.717, 1.165) is 29.9 Å². The first-order chi connectivity index (χ1) is 15.4. The fourth-order valence-corrected chi connectivity index (χ4v) is 7.41. The Morgan fingerprint density at radius 2 is 1.85 bits per heavy atom. The van der Waals surface area contributed by atoms with E-state index in [4.69, 9.17) is 10.9 Å². The molecule has 0 aromatic heterocycles. The van der Waals surface area contributed by atoms with Crippen molar-refractivity contribution in [2.45, 2.75) is 54.7 Å². The second-order valence-electron chi connectivity index (χ2n) is 8.23. The molecule has 0 saturated carbocycles. The number of carbonyl (C=O) groups excluding carboxylic acids is 3. The predicted octanol–water partition coefficient (Wildman–Crippen LogP) is 1.94. The molecular formula is C22H33ClN4O4S2. The van der Waals surface area contributed by atoms with Crippen LogP contribution in [-0.4, -0.2) is 68.6 Å². The van der Waals surface area contributed by atoms with E-state index in [9.17, 15) is 14.4 Å². The van der Waals surface area contributed by atoms with E-state index in [1.54, 1.807) is 10.4 Å². The number of hydroxylamine groups is 1. The number of nitrogens with two attached hydrogens (primary N) is 1. The van der Waals surface area contributed by atoms with Crippen molar-refractivity contribution in [3.63, 3.8) is 0 Å². The van der Waals surface area contributed by atoms with Crippen LogP contribution < -0.4 is 16.5 Å². The Morgan fingerprint density at radius 3 is 2.52 bits per heavy atom. The molecule has 3 amide bonds. The molecule has 0 bridgehead atoms. The average molecular weight is 517 g/mol. The van der Waals surface area contributed by atoms with E-state index < -0.39 is 18.0 Å². The van der Waals surface area contributed by atoms with E-state index in [1.165, 1.54) is 0 Å². The van der Waals surface area contributed by atoms with Crippen LogP contribution in [0.1, 0.15) is 37.7 Å². The average Bonchev–Trinajstić information content (AvgIpc) is 3.42. The molecule has 2 aliphatic heterocycles. The van der Waals surface area contributed by atoms with Crippen molar-refractivity contribution in [1.29, 1.82) is 0 Å². The summed E-state index contributed by atoms with van der Waals surface area (Å²) in [6.07, 6.45) is 3.46. The lowest BCUT2D eigenvalue weighted by molar-refractivity contribution is -0.139. The predicted molar refractivity (Wildman–Crippen MR) is 135 cm³/mol. The first-order valence-electron chi connectivity index (χ1n) is 11.0. The maximum atomic E-state index is 13.3. The molecule has 11 heteroatoms. The van der Waals surface area contributed by atoms with Gasteiger partial charge >= 0.3 is 0 Å². The van der Waals surface area contributed by atoms with Gasteiger partial charge in [0.2, 0.25) is 17.7 Å². The van der Waals surface area contributed by atoms with Gasteiger partial charge in [-0.15, -0.1) is 35.9 Å². The number of hydrogen-bond acceptors (Lipinski definition) is 7. The summed E-state index contributed by atoms with van der Waals surface area (Å²) in [7, 11) is 0. The van der Waals surface area contributed by atoms with Crippen LogP contribution in [0.15, 0.2) is 30.3 Å². The van der Waals surface area contributed by atoms with Crippen LogP contribution in [0.3, 0.4) is 0 Å². The van der Waals surface area contributed by atoms with E-state index in [1.807, 2.05) is 53.9 Å². The maximum Gasteiger partial charge on any atom is 0.243 e. The van der Waals surface area contributed by atoms with Crippen LogP contribution in [0.25, 0.3) is 0 Å². The van der Waals surface area contributed by atoms with Gasteiger partial charge < -0.3 is 16.0 Å². The van der Waals surface area contributed by atoms with E-state index in [2.05, 4.69) is 5.32 Å². The van der Waals surface area contributed by atoms with Gasteiger partial charge in [-0.2, -0.15) is 0 Å². The zero-order chi connectivity index (χ0) is 23.0. The molecule has 184 valence electrons. The number of rotatable bonds is 10. The summed E-state index contributed by atoms with van der Waals surface area (Å²) < 4.78 is -0.123. The third-order valence-corrected chi connectivity index (χ3v) is 9.24. The smallest absolute Gasteiger partial charge is 0.243 e. The van der Waals surface area contributed by atoms with Crippen LogP contribution in [0.5, 0.6) is 0 Å². The molecule has 0 radical (unpaired) electrons. The lowest BCUT2D eigenvalue weighted by Crippen LogP contribution is -2.52. The normalized spacial score (nSPS) is 19.7. The number of amides is 3. The highest BCUT2D eigenvalue weighted by Gasteiger charge is 2.51. The largest absolute Gasteiger partial charge is 0.354 e. The summed E-state index contributed by atoms with van der Waals surface area (Å²) in [5, 5.41) is 11.5. The molecule has 1 spiro atoms. The Hall–Kier alpha value is -1.46. The van der Waals surface area contributed by atoms with Gasteiger partial charge in [0.15, 0.2) is 0 Å². The maximum absolute atomic E-state index is 13.3. The number of unbranched alkanes of at least 4 members (excludes halogenated alkanes) is 2. The van der Waals surface area contributed by atoms with Crippen molar-refractivity contribution in [1.82, 2.24) is 15.7 Å². The summed E-state index contributed by atoms with van der Waals surface area (Å²) in [6.45, 7) is 1.03. The Morgan fingerprint density at radius 1 is 1.15 bits per heavy atom. The minimum absolute atomic E-state index is 0. The molecule has 5 N–H and O–H groups in total. The van der Waals surface area contributed by atoms with Gasteiger partial charge in [-0.05, 0) is 24.8 Å². The lowest BCUT2D eigenvalue weighted by Gasteiger charge is -2.27. The van der Waals surface area contributed by atoms with Crippen LogP contribution in [0, 0.1) is 0 Å². The fraction of sp³-hybridized carbons (Fsp3) is 0.591. The summed E-state index contributed by atoms with van der Waals surface area (Å²) in [6, 6.07) is 8.49. The topological polar surface area (TPSA) is 125 Å². The van der Waals surface area contributed by atoms with Gasteiger partial charge in [0.05, 0.1) is 10.1 Å². The number of nitrogens with zero attached hydrogens (tertiary/aromatic N) is 1. The van der Waals surface area contributed by atoms with Gasteiger partial charge in [0, 0.05) is 37.4 Å². The summed E-state index contributed by atoms with van der Waals surface area (Å²) in [4.78, 5) is 39.0. The second-order valence-corrected chi connectivity index (χ2v) is 11.4. The molecule has 1 aromatic rings. The molecule has 0 unspecified atom stereocenters. The molecule has 2 atom stereocenters. The number of hydrogen-bond donors (Lipinski definition) is 4. The lowest BCUT2D eigenvalue weighted by atomic mass is 10.1. The van der Waals surface area contributed by atoms with Crippen molar-refractivity contribution in [2.75, 3.05) is 24.6 Å². The number of likely N-dealkylation sites (tertiary alicyclic amines) is 1. The monoisotopic (exact) mass is 516 g/mol. The van der Waals surface area contributed by atoms with Crippen molar-refractivity contribution in [3.8, 4) is 0 Å². The number of halogens is 1. The number of benzene rings is 1. The molecule has 3 rings (SSSR count). The second kappa shape index (κ2) is 13.4. The molecule has 33 heavy (non-hydrogen) atoms. The zero-order valence-corrected chi connectivity index (χ0v) is 21.0. The van der Waals surface area contributed by atoms with Gasteiger partial charge in [-0.1, -0.05) is 36.8 Å². The summed E-state index contributed by atoms with van der Waals surface area (Å²) in [5.41, 5.74) is 8.90. The molecule has 1 aromatic carbocycles. The highest BCUT2D eigenvalue weighted by Crippen LogP contribution is 2.51. The molecule has 2 saturated heterocycles. The fourth-order valence-electron chi connectivity index (χ4n) is 4.15. The Bertz CT molecular complexity index is 796. The third-order valence-electron chi connectivity index (χ3n) is 5.81. The van der Waals surface area contributed by atoms with Crippen LogP contribution >= 0.6 is 35.9 Å². The Labute approximate surface area is 209 Å². The first kappa shape index (κ1) is 27.8. The van der Waals surface area contributed by atoms with Crippen molar-refractivity contribution in [3.05, 3.63) is 35.9 Å². The van der Waals surface area contributed by atoms with E-state index >= 15 is 0 Å². The molecule has 2 fully saturated rings. The first-order valence-corrected chi connectivity index (χ1v) is 13.0. The highest BCUT2D eigenvalue weighted by atomic mass is 35.5. The van der Waals surface area contributed by atoms with Crippen LogP contribution in [0.4, 0.5) is 0 Å². The van der Waals surface area contributed by atoms with Gasteiger partial charge in [0.25, 0.3) is 0 Å². The van der Waals surface area contributed by atoms with E-state index in [0.29, 0.717) is 32.4 Å². The van der Waals surface area contributed by atoms with Gasteiger partial charge in [-0.3, -0.25) is 19.6 Å². The third kappa shape index (κ3) is 7.78. The highest BCUT2D eigenvalue weighted by molar-refractivity contribution is 8.21. The van der Waals surface area contributed by atoms with Crippen LogP contribution in [-0.2, 0) is 20.8 Å². The zero-order valence-electron chi connectivity index (χ0n) is 18.5. The van der Waals surface area contributed by atoms with Gasteiger partial charge in [-0.25, -0.2) is 5.48 Å². The molecular weight excluding hydrogens is 484 g/mol. The van der Waals surface area contributed by atoms with Crippen molar-refractivity contribution < 1.29 is 19.6 Å². The summed E-state index contributed by atoms with van der Waals surface area (Å²) >= 11 is 3.68. The van der Waals surface area contributed by atoms with Crippen molar-refractivity contribution in [2.24, 2.45) is 5.73 Å². The Balaban J connectivity index is 0.00000385.